The summed E-state index contributed by atoms with van der Waals surface area (Å²) in [5.41, 5.74) is -0.332. The highest BCUT2D eigenvalue weighted by molar-refractivity contribution is 5.84. The highest BCUT2D eigenvalue weighted by atomic mass is 16.3. The van der Waals surface area contributed by atoms with E-state index in [0.29, 0.717) is 30.1 Å². The quantitative estimate of drug-likeness (QED) is 0.728. The number of ketones is 1. The maximum atomic E-state index is 12.2. The lowest BCUT2D eigenvalue weighted by Gasteiger charge is -2.61. The van der Waals surface area contributed by atoms with Crippen LogP contribution in [0.3, 0.4) is 0 Å². The standard InChI is InChI=1S/C21H31NO2/c1-19-11-13(12-22)18(23)10-14(19)4-5-15-16(19)6-8-20(2)17(15)7-9-21(20,3)24/h13-17,24H,4-11H2,1-3H3/t13-,14-,15-,16+,17+,19+,20+,21+/m1/s1. The molecular weight excluding hydrogens is 298 g/mol. The molecule has 8 atom stereocenters. The van der Waals surface area contributed by atoms with Crippen LogP contribution in [-0.4, -0.2) is 16.5 Å². The van der Waals surface area contributed by atoms with Gasteiger partial charge in [-0.25, -0.2) is 0 Å². The Hall–Kier alpha value is -0.880. The van der Waals surface area contributed by atoms with Gasteiger partial charge in [0, 0.05) is 6.42 Å². The van der Waals surface area contributed by atoms with Gasteiger partial charge < -0.3 is 5.11 Å². The third-order valence-electron chi connectivity index (χ3n) is 9.26. The number of carbonyl (C=O) groups excluding carboxylic acids is 1. The SMILES string of the molecule is C[C@]12C[C@H](C#N)C(=O)C[C@H]1CC[C@@H]1[C@@H]2CC[C@@]2(C)[C@H]1CC[C@]2(C)O. The summed E-state index contributed by atoms with van der Waals surface area (Å²) in [6.45, 7) is 6.74. The number of rotatable bonds is 0. The first-order chi connectivity index (χ1) is 11.2. The molecular formula is C21H31NO2. The fraction of sp³-hybridized carbons (Fsp3) is 0.905. The number of fused-ring (bicyclic) bond motifs is 5. The minimum atomic E-state index is -0.530. The molecule has 0 spiro atoms. The van der Waals surface area contributed by atoms with Crippen molar-refractivity contribution in [2.45, 2.75) is 77.7 Å². The van der Waals surface area contributed by atoms with E-state index < -0.39 is 5.60 Å². The molecule has 24 heavy (non-hydrogen) atoms. The second-order valence-electron chi connectivity index (χ2n) is 9.98. The molecule has 4 aliphatic carbocycles. The number of carbonyl (C=O) groups is 1. The summed E-state index contributed by atoms with van der Waals surface area (Å²) < 4.78 is 0. The Morgan fingerprint density at radius 1 is 1.08 bits per heavy atom. The summed E-state index contributed by atoms with van der Waals surface area (Å²) in [5.74, 6) is 2.19. The molecule has 0 amide bonds. The van der Waals surface area contributed by atoms with Gasteiger partial charge in [0.1, 0.15) is 11.7 Å². The minimum Gasteiger partial charge on any atom is -0.390 e. The lowest BCUT2D eigenvalue weighted by Crippen LogP contribution is -2.56. The van der Waals surface area contributed by atoms with E-state index in [1.165, 1.54) is 6.42 Å². The van der Waals surface area contributed by atoms with Gasteiger partial charge in [0.15, 0.2) is 0 Å². The van der Waals surface area contributed by atoms with Crippen molar-refractivity contribution >= 4 is 5.78 Å². The minimum absolute atomic E-state index is 0.0521. The monoisotopic (exact) mass is 329 g/mol. The largest absolute Gasteiger partial charge is 0.390 e. The molecule has 0 unspecified atom stereocenters. The number of hydrogen-bond donors (Lipinski definition) is 1. The van der Waals surface area contributed by atoms with E-state index in [9.17, 15) is 15.2 Å². The van der Waals surface area contributed by atoms with Crippen molar-refractivity contribution in [3.8, 4) is 6.07 Å². The number of nitriles is 1. The van der Waals surface area contributed by atoms with Crippen LogP contribution in [0.5, 0.6) is 0 Å². The van der Waals surface area contributed by atoms with Crippen LogP contribution in [0, 0.1) is 51.8 Å². The summed E-state index contributed by atoms with van der Waals surface area (Å²) >= 11 is 0. The van der Waals surface area contributed by atoms with Gasteiger partial charge in [-0.05, 0) is 86.4 Å². The molecule has 1 N–H and O–H groups in total. The summed E-state index contributed by atoms with van der Waals surface area (Å²) in [6.07, 6.45) is 8.07. The second kappa shape index (κ2) is 5.07. The zero-order valence-electron chi connectivity index (χ0n) is 15.3. The molecule has 0 aromatic carbocycles. The highest BCUT2D eigenvalue weighted by Crippen LogP contribution is 2.68. The van der Waals surface area contributed by atoms with Crippen LogP contribution in [0.15, 0.2) is 0 Å². The third-order valence-corrected chi connectivity index (χ3v) is 9.26. The average Bonchev–Trinajstić information content (AvgIpc) is 2.77. The van der Waals surface area contributed by atoms with Crippen molar-refractivity contribution in [3.05, 3.63) is 0 Å². The van der Waals surface area contributed by atoms with E-state index in [0.717, 1.165) is 38.5 Å². The zero-order valence-corrected chi connectivity index (χ0v) is 15.3. The van der Waals surface area contributed by atoms with Crippen LogP contribution in [0.25, 0.3) is 0 Å². The molecule has 4 fully saturated rings. The first kappa shape index (κ1) is 16.6. The topological polar surface area (TPSA) is 61.1 Å². The van der Waals surface area contributed by atoms with Gasteiger partial charge in [0.2, 0.25) is 0 Å². The van der Waals surface area contributed by atoms with Crippen LogP contribution in [0.4, 0.5) is 0 Å². The molecule has 0 saturated heterocycles. The Labute approximate surface area is 145 Å². The van der Waals surface area contributed by atoms with Gasteiger partial charge in [-0.2, -0.15) is 5.26 Å². The Kier molecular flexibility index (Phi) is 3.50. The molecule has 0 aromatic heterocycles. The molecule has 132 valence electrons. The highest BCUT2D eigenvalue weighted by Gasteiger charge is 2.63. The first-order valence-corrected chi connectivity index (χ1v) is 9.88. The molecule has 3 heteroatoms. The maximum Gasteiger partial charge on any atom is 0.150 e. The molecule has 0 heterocycles. The smallest absolute Gasteiger partial charge is 0.150 e. The lowest BCUT2D eigenvalue weighted by molar-refractivity contribution is -0.156. The van der Waals surface area contributed by atoms with Gasteiger partial charge in [0.25, 0.3) is 0 Å². The fourth-order valence-electron chi connectivity index (χ4n) is 7.49. The fourth-order valence-corrected chi connectivity index (χ4v) is 7.49. The first-order valence-electron chi connectivity index (χ1n) is 9.88. The molecule has 3 nitrogen and oxygen atoms in total. The Bertz CT molecular complexity index is 605. The predicted octanol–water partition coefficient (Wildman–Crippen LogP) is 4.10. The van der Waals surface area contributed by atoms with Crippen molar-refractivity contribution in [1.29, 1.82) is 5.26 Å². The predicted molar refractivity (Wildman–Crippen MR) is 91.8 cm³/mol. The maximum absolute atomic E-state index is 12.2. The lowest BCUT2D eigenvalue weighted by atomic mass is 9.44. The Morgan fingerprint density at radius 2 is 1.79 bits per heavy atom. The van der Waals surface area contributed by atoms with Crippen molar-refractivity contribution < 1.29 is 9.90 Å². The normalized spacial score (nSPS) is 56.8. The summed E-state index contributed by atoms with van der Waals surface area (Å²) in [4.78, 5) is 12.2. The zero-order chi connectivity index (χ0) is 17.3. The van der Waals surface area contributed by atoms with Crippen molar-refractivity contribution in [3.63, 3.8) is 0 Å². The van der Waals surface area contributed by atoms with Crippen LogP contribution in [0.1, 0.15) is 72.1 Å². The summed E-state index contributed by atoms with van der Waals surface area (Å²) in [6, 6.07) is 2.28. The summed E-state index contributed by atoms with van der Waals surface area (Å²) in [7, 11) is 0. The van der Waals surface area contributed by atoms with E-state index in [4.69, 9.17) is 0 Å². The van der Waals surface area contributed by atoms with E-state index in [-0.39, 0.29) is 22.5 Å². The Balaban J connectivity index is 1.66. The summed E-state index contributed by atoms with van der Waals surface area (Å²) in [5, 5.41) is 20.4. The van der Waals surface area contributed by atoms with E-state index >= 15 is 0 Å². The van der Waals surface area contributed by atoms with Gasteiger partial charge in [-0.15, -0.1) is 0 Å². The number of nitrogens with zero attached hydrogens (tertiary/aromatic N) is 1. The van der Waals surface area contributed by atoms with Gasteiger partial charge >= 0.3 is 0 Å². The van der Waals surface area contributed by atoms with Crippen LogP contribution in [-0.2, 0) is 4.79 Å². The molecule has 4 aliphatic rings. The van der Waals surface area contributed by atoms with Crippen LogP contribution in [0.2, 0.25) is 0 Å². The molecule has 0 radical (unpaired) electrons. The third kappa shape index (κ3) is 1.96. The number of hydrogen-bond acceptors (Lipinski definition) is 3. The van der Waals surface area contributed by atoms with Crippen molar-refractivity contribution in [2.24, 2.45) is 40.4 Å². The second-order valence-corrected chi connectivity index (χ2v) is 9.98. The molecule has 4 saturated carbocycles. The van der Waals surface area contributed by atoms with Crippen molar-refractivity contribution in [2.75, 3.05) is 0 Å². The van der Waals surface area contributed by atoms with Crippen LogP contribution < -0.4 is 0 Å². The van der Waals surface area contributed by atoms with Gasteiger partial charge in [-0.3, -0.25) is 4.79 Å². The molecule has 0 aliphatic heterocycles. The van der Waals surface area contributed by atoms with Crippen LogP contribution >= 0.6 is 0 Å². The van der Waals surface area contributed by atoms with Gasteiger partial charge in [0.05, 0.1) is 11.7 Å². The Morgan fingerprint density at radius 3 is 2.50 bits per heavy atom. The van der Waals surface area contributed by atoms with E-state index in [2.05, 4.69) is 19.9 Å². The van der Waals surface area contributed by atoms with Crippen molar-refractivity contribution in [1.82, 2.24) is 0 Å². The number of aliphatic hydroxyl groups is 1. The number of Topliss-reactive ketones (excluding diaryl/α,β-unsaturated/α-hetero) is 1. The average molecular weight is 329 g/mol. The molecule has 0 bridgehead atoms. The van der Waals surface area contributed by atoms with Gasteiger partial charge in [-0.1, -0.05) is 13.8 Å². The molecule has 0 aromatic rings. The van der Waals surface area contributed by atoms with E-state index in [1.54, 1.807) is 0 Å². The van der Waals surface area contributed by atoms with E-state index in [1.807, 2.05) is 6.92 Å². The molecule has 4 rings (SSSR count).